The molecule has 0 aliphatic heterocycles. The molecule has 0 atom stereocenters. The molecule has 94 valence electrons. The second-order valence-corrected chi connectivity index (χ2v) is 4.36. The Bertz CT molecular complexity index is 623. The van der Waals surface area contributed by atoms with E-state index in [-0.39, 0.29) is 11.3 Å². The lowest BCUT2D eigenvalue weighted by molar-refractivity contribution is 0.400. The fraction of sp³-hybridized carbons (Fsp3) is 0.231. The van der Waals surface area contributed by atoms with Crippen molar-refractivity contribution >= 4 is 11.6 Å². The number of hydrogen-bond acceptors (Lipinski definition) is 3. The Hall–Kier alpha value is -1.81. The van der Waals surface area contributed by atoms with E-state index in [1.807, 2.05) is 28.8 Å². The molecule has 1 aromatic carbocycles. The molecule has 0 bridgehead atoms. The van der Waals surface area contributed by atoms with Crippen LogP contribution in [0.2, 0.25) is 5.02 Å². The van der Waals surface area contributed by atoms with Gasteiger partial charge in [-0.1, -0.05) is 23.7 Å². The van der Waals surface area contributed by atoms with E-state index in [1.54, 1.807) is 13.1 Å². The molecular formula is C13H13ClN2O2. The van der Waals surface area contributed by atoms with Crippen molar-refractivity contribution in [3.63, 3.8) is 0 Å². The standard InChI is InChI=1S/C13H13ClN2O2/c1-9-15-13(17)12(18-2)8-16(9)7-10-4-3-5-11(14)6-10/h3-6,8H,7H2,1-2H3. The summed E-state index contributed by atoms with van der Waals surface area (Å²) in [4.78, 5) is 15.4. The van der Waals surface area contributed by atoms with E-state index in [4.69, 9.17) is 16.3 Å². The number of ether oxygens (including phenoxy) is 1. The van der Waals surface area contributed by atoms with Gasteiger partial charge in [-0.05, 0) is 24.6 Å². The highest BCUT2D eigenvalue weighted by atomic mass is 35.5. The molecule has 0 radical (unpaired) electrons. The Morgan fingerprint density at radius 2 is 2.22 bits per heavy atom. The van der Waals surface area contributed by atoms with Crippen molar-refractivity contribution in [2.75, 3.05) is 7.11 Å². The van der Waals surface area contributed by atoms with Gasteiger partial charge in [0.05, 0.1) is 13.3 Å². The fourth-order valence-corrected chi connectivity index (χ4v) is 1.90. The Kier molecular flexibility index (Phi) is 3.67. The van der Waals surface area contributed by atoms with Crippen molar-refractivity contribution in [1.29, 1.82) is 0 Å². The first-order chi connectivity index (χ1) is 8.60. The summed E-state index contributed by atoms with van der Waals surface area (Å²) in [7, 11) is 1.46. The van der Waals surface area contributed by atoms with Crippen LogP contribution in [-0.2, 0) is 6.54 Å². The normalized spacial score (nSPS) is 10.4. The topological polar surface area (TPSA) is 44.1 Å². The minimum atomic E-state index is -0.350. The minimum absolute atomic E-state index is 0.239. The molecule has 0 aliphatic rings. The van der Waals surface area contributed by atoms with Gasteiger partial charge in [-0.15, -0.1) is 0 Å². The summed E-state index contributed by atoms with van der Waals surface area (Å²) in [5, 5.41) is 0.686. The molecule has 0 unspecified atom stereocenters. The van der Waals surface area contributed by atoms with Crippen LogP contribution in [-0.4, -0.2) is 16.7 Å². The molecule has 2 rings (SSSR count). The molecule has 0 saturated carbocycles. The molecule has 1 heterocycles. The second-order valence-electron chi connectivity index (χ2n) is 3.92. The number of nitrogens with zero attached hydrogens (tertiary/aromatic N) is 2. The largest absolute Gasteiger partial charge is 0.490 e. The Balaban J connectivity index is 2.37. The third-order valence-electron chi connectivity index (χ3n) is 2.62. The fourth-order valence-electron chi connectivity index (χ4n) is 1.69. The number of aromatic nitrogens is 2. The molecule has 0 amide bonds. The van der Waals surface area contributed by atoms with Crippen LogP contribution in [0.4, 0.5) is 0 Å². The number of methoxy groups -OCH3 is 1. The molecule has 18 heavy (non-hydrogen) atoms. The summed E-state index contributed by atoms with van der Waals surface area (Å²) in [6, 6.07) is 7.56. The van der Waals surface area contributed by atoms with Crippen molar-refractivity contribution in [1.82, 2.24) is 9.55 Å². The number of benzene rings is 1. The molecule has 1 aromatic heterocycles. The summed E-state index contributed by atoms with van der Waals surface area (Å²) in [6.07, 6.45) is 1.66. The maximum Gasteiger partial charge on any atom is 0.315 e. The van der Waals surface area contributed by atoms with Crippen LogP contribution < -0.4 is 10.3 Å². The van der Waals surface area contributed by atoms with Gasteiger partial charge in [0.2, 0.25) is 5.75 Å². The molecule has 0 spiro atoms. The van der Waals surface area contributed by atoms with Gasteiger partial charge < -0.3 is 9.30 Å². The van der Waals surface area contributed by atoms with E-state index in [1.165, 1.54) is 7.11 Å². The van der Waals surface area contributed by atoms with Crippen LogP contribution in [0.1, 0.15) is 11.4 Å². The number of rotatable bonds is 3. The summed E-state index contributed by atoms with van der Waals surface area (Å²) < 4.78 is 6.83. The van der Waals surface area contributed by atoms with Crippen LogP contribution in [0.25, 0.3) is 0 Å². The van der Waals surface area contributed by atoms with E-state index in [0.717, 1.165) is 5.56 Å². The minimum Gasteiger partial charge on any atom is -0.490 e. The van der Waals surface area contributed by atoms with E-state index < -0.39 is 0 Å². The van der Waals surface area contributed by atoms with Crippen LogP contribution >= 0.6 is 11.6 Å². The lowest BCUT2D eigenvalue weighted by Gasteiger charge is -2.11. The zero-order valence-corrected chi connectivity index (χ0v) is 10.9. The van der Waals surface area contributed by atoms with Crippen molar-refractivity contribution in [3.8, 4) is 5.75 Å². The highest BCUT2D eigenvalue weighted by Gasteiger charge is 2.06. The average Bonchev–Trinajstić information content (AvgIpc) is 2.33. The van der Waals surface area contributed by atoms with Crippen LogP contribution in [0, 0.1) is 6.92 Å². The van der Waals surface area contributed by atoms with Gasteiger partial charge in [-0.3, -0.25) is 4.79 Å². The SMILES string of the molecule is COc1cn(Cc2cccc(Cl)c2)c(C)nc1=O. The molecular weight excluding hydrogens is 252 g/mol. The predicted octanol–water partition coefficient (Wildman–Crippen LogP) is 2.26. The van der Waals surface area contributed by atoms with Crippen molar-refractivity contribution < 1.29 is 4.74 Å². The maximum absolute atomic E-state index is 11.5. The molecule has 0 aliphatic carbocycles. The summed E-state index contributed by atoms with van der Waals surface area (Å²) in [5.74, 6) is 0.878. The summed E-state index contributed by atoms with van der Waals surface area (Å²) in [5.41, 5.74) is 0.690. The number of hydrogen-bond donors (Lipinski definition) is 0. The van der Waals surface area contributed by atoms with E-state index in [9.17, 15) is 4.79 Å². The molecule has 5 heteroatoms. The third kappa shape index (κ3) is 2.71. The third-order valence-corrected chi connectivity index (χ3v) is 2.86. The molecule has 0 saturated heterocycles. The van der Waals surface area contributed by atoms with Gasteiger partial charge in [-0.25, -0.2) is 0 Å². The molecule has 0 fully saturated rings. The predicted molar refractivity (Wildman–Crippen MR) is 70.3 cm³/mol. The van der Waals surface area contributed by atoms with Crippen molar-refractivity contribution in [2.24, 2.45) is 0 Å². The van der Waals surface area contributed by atoms with Gasteiger partial charge in [0.1, 0.15) is 5.82 Å². The summed E-state index contributed by atoms with van der Waals surface area (Å²) in [6.45, 7) is 2.38. The molecule has 2 aromatic rings. The van der Waals surface area contributed by atoms with Crippen LogP contribution in [0.5, 0.6) is 5.75 Å². The Morgan fingerprint density at radius 1 is 1.44 bits per heavy atom. The average molecular weight is 265 g/mol. The maximum atomic E-state index is 11.5. The van der Waals surface area contributed by atoms with Crippen molar-refractivity contribution in [3.05, 3.63) is 57.2 Å². The van der Waals surface area contributed by atoms with Gasteiger partial charge in [-0.2, -0.15) is 4.98 Å². The highest BCUT2D eigenvalue weighted by molar-refractivity contribution is 6.30. The van der Waals surface area contributed by atoms with E-state index in [0.29, 0.717) is 17.4 Å². The van der Waals surface area contributed by atoms with Crippen LogP contribution in [0.3, 0.4) is 0 Å². The van der Waals surface area contributed by atoms with Crippen LogP contribution in [0.15, 0.2) is 35.3 Å². The first kappa shape index (κ1) is 12.6. The monoisotopic (exact) mass is 264 g/mol. The highest BCUT2D eigenvalue weighted by Crippen LogP contribution is 2.13. The van der Waals surface area contributed by atoms with Gasteiger partial charge in [0.15, 0.2) is 0 Å². The van der Waals surface area contributed by atoms with E-state index in [2.05, 4.69) is 4.98 Å². The van der Waals surface area contributed by atoms with E-state index >= 15 is 0 Å². The van der Waals surface area contributed by atoms with Gasteiger partial charge in [0.25, 0.3) is 0 Å². The molecule has 4 nitrogen and oxygen atoms in total. The lowest BCUT2D eigenvalue weighted by Crippen LogP contribution is -2.17. The number of aryl methyl sites for hydroxylation is 1. The lowest BCUT2D eigenvalue weighted by atomic mass is 10.2. The first-order valence-electron chi connectivity index (χ1n) is 5.46. The zero-order valence-electron chi connectivity index (χ0n) is 10.2. The Morgan fingerprint density at radius 3 is 2.89 bits per heavy atom. The zero-order chi connectivity index (χ0) is 13.1. The van der Waals surface area contributed by atoms with Gasteiger partial charge >= 0.3 is 5.56 Å². The van der Waals surface area contributed by atoms with Gasteiger partial charge in [0, 0.05) is 11.6 Å². The quantitative estimate of drug-likeness (QED) is 0.854. The summed E-state index contributed by atoms with van der Waals surface area (Å²) >= 11 is 5.94. The second kappa shape index (κ2) is 5.23. The number of halogens is 1. The smallest absolute Gasteiger partial charge is 0.315 e. The van der Waals surface area contributed by atoms with Crippen molar-refractivity contribution in [2.45, 2.75) is 13.5 Å². The Labute approximate surface area is 110 Å². The molecule has 0 N–H and O–H groups in total. The first-order valence-corrected chi connectivity index (χ1v) is 5.84.